The van der Waals surface area contributed by atoms with Crippen molar-refractivity contribution < 1.29 is 12.8 Å². The summed E-state index contributed by atoms with van der Waals surface area (Å²) in [6.07, 6.45) is 5.97. The van der Waals surface area contributed by atoms with Crippen molar-refractivity contribution in [3.63, 3.8) is 0 Å². The average Bonchev–Trinajstić information content (AvgIpc) is 2.34. The minimum Gasteiger partial charge on any atom is -0.399 e. The fourth-order valence-electron chi connectivity index (χ4n) is 1.96. The highest BCUT2D eigenvalue weighted by molar-refractivity contribution is 7.89. The van der Waals surface area contributed by atoms with E-state index in [2.05, 4.69) is 4.72 Å². The Kier molecular flexibility index (Phi) is 4.13. The van der Waals surface area contributed by atoms with E-state index in [0.29, 0.717) is 12.8 Å². The second-order valence-corrected chi connectivity index (χ2v) is 6.51. The molecular formula is C12H14ClFN2O2S. The van der Waals surface area contributed by atoms with Crippen molar-refractivity contribution >= 4 is 27.3 Å². The van der Waals surface area contributed by atoms with Crippen molar-refractivity contribution in [1.29, 1.82) is 0 Å². The Morgan fingerprint density at radius 2 is 2.11 bits per heavy atom. The van der Waals surface area contributed by atoms with Gasteiger partial charge in [0.05, 0.1) is 5.02 Å². The van der Waals surface area contributed by atoms with Gasteiger partial charge in [0.25, 0.3) is 0 Å². The molecule has 2 rings (SSSR count). The Morgan fingerprint density at radius 1 is 1.37 bits per heavy atom. The van der Waals surface area contributed by atoms with Crippen LogP contribution >= 0.6 is 11.6 Å². The molecule has 1 unspecified atom stereocenters. The molecule has 0 aliphatic heterocycles. The van der Waals surface area contributed by atoms with Crippen LogP contribution in [0.1, 0.15) is 19.3 Å². The zero-order chi connectivity index (χ0) is 14.0. The number of hydrogen-bond acceptors (Lipinski definition) is 3. The molecule has 0 bridgehead atoms. The van der Waals surface area contributed by atoms with Gasteiger partial charge in [0.2, 0.25) is 10.0 Å². The van der Waals surface area contributed by atoms with E-state index in [-0.39, 0.29) is 16.8 Å². The lowest BCUT2D eigenvalue weighted by atomic mass is 10.0. The van der Waals surface area contributed by atoms with Gasteiger partial charge in [-0.3, -0.25) is 0 Å². The monoisotopic (exact) mass is 304 g/mol. The molecule has 1 aromatic rings. The highest BCUT2D eigenvalue weighted by atomic mass is 35.5. The van der Waals surface area contributed by atoms with E-state index in [0.717, 1.165) is 12.5 Å². The number of rotatable bonds is 3. The SMILES string of the molecule is Nc1cc(Cl)c(F)c(S(=O)(=O)NC2CC=CCC2)c1. The van der Waals surface area contributed by atoms with E-state index in [9.17, 15) is 12.8 Å². The molecule has 0 fully saturated rings. The summed E-state index contributed by atoms with van der Waals surface area (Å²) >= 11 is 5.61. The third-order valence-electron chi connectivity index (χ3n) is 2.90. The van der Waals surface area contributed by atoms with Crippen molar-refractivity contribution in [2.45, 2.75) is 30.2 Å². The van der Waals surface area contributed by atoms with Crippen LogP contribution in [0.4, 0.5) is 10.1 Å². The molecule has 4 nitrogen and oxygen atoms in total. The predicted octanol–water partition coefficient (Wildman–Crippen LogP) is 2.45. The molecule has 104 valence electrons. The summed E-state index contributed by atoms with van der Waals surface area (Å²) in [4.78, 5) is -0.507. The number of halogens is 2. The van der Waals surface area contributed by atoms with Gasteiger partial charge in [-0.05, 0) is 31.4 Å². The first-order valence-electron chi connectivity index (χ1n) is 5.82. The molecule has 0 aromatic heterocycles. The normalized spacial score (nSPS) is 19.6. The summed E-state index contributed by atoms with van der Waals surface area (Å²) in [5.74, 6) is -0.977. The Morgan fingerprint density at radius 3 is 2.74 bits per heavy atom. The fraction of sp³-hybridized carbons (Fsp3) is 0.333. The molecule has 0 saturated heterocycles. The van der Waals surface area contributed by atoms with Gasteiger partial charge in [-0.25, -0.2) is 17.5 Å². The van der Waals surface area contributed by atoms with Gasteiger partial charge in [-0.2, -0.15) is 0 Å². The molecule has 19 heavy (non-hydrogen) atoms. The van der Waals surface area contributed by atoms with Crippen LogP contribution in [-0.2, 0) is 10.0 Å². The smallest absolute Gasteiger partial charge is 0.243 e. The van der Waals surface area contributed by atoms with Crippen molar-refractivity contribution in [3.05, 3.63) is 35.1 Å². The second-order valence-electron chi connectivity index (χ2n) is 4.42. The molecule has 1 aliphatic carbocycles. The van der Waals surface area contributed by atoms with Crippen LogP contribution in [-0.4, -0.2) is 14.5 Å². The average molecular weight is 305 g/mol. The van der Waals surface area contributed by atoms with Crippen molar-refractivity contribution in [3.8, 4) is 0 Å². The van der Waals surface area contributed by atoms with Crippen LogP contribution in [0.15, 0.2) is 29.2 Å². The van der Waals surface area contributed by atoms with Crippen molar-refractivity contribution in [2.24, 2.45) is 0 Å². The molecule has 1 aromatic carbocycles. The largest absolute Gasteiger partial charge is 0.399 e. The minimum atomic E-state index is -3.96. The maximum atomic E-state index is 13.8. The van der Waals surface area contributed by atoms with Crippen molar-refractivity contribution in [1.82, 2.24) is 4.72 Å². The number of sulfonamides is 1. The van der Waals surface area contributed by atoms with E-state index in [1.165, 1.54) is 6.07 Å². The summed E-state index contributed by atoms with van der Waals surface area (Å²) < 4.78 is 40.6. The van der Waals surface area contributed by atoms with E-state index in [1.807, 2.05) is 12.2 Å². The molecule has 0 saturated carbocycles. The molecule has 1 atom stereocenters. The Balaban J connectivity index is 2.31. The highest BCUT2D eigenvalue weighted by Crippen LogP contribution is 2.26. The van der Waals surface area contributed by atoms with Crippen LogP contribution < -0.4 is 10.5 Å². The highest BCUT2D eigenvalue weighted by Gasteiger charge is 2.25. The van der Waals surface area contributed by atoms with Crippen molar-refractivity contribution in [2.75, 3.05) is 5.73 Å². The number of nitrogens with one attached hydrogen (secondary N) is 1. The topological polar surface area (TPSA) is 72.2 Å². The first-order valence-corrected chi connectivity index (χ1v) is 7.68. The zero-order valence-corrected chi connectivity index (χ0v) is 11.6. The van der Waals surface area contributed by atoms with E-state index >= 15 is 0 Å². The Labute approximate surface area is 116 Å². The van der Waals surface area contributed by atoms with Gasteiger partial charge >= 0.3 is 0 Å². The molecule has 0 amide bonds. The summed E-state index contributed by atoms with van der Waals surface area (Å²) in [6.45, 7) is 0. The van der Waals surface area contributed by atoms with Crippen LogP contribution in [0.5, 0.6) is 0 Å². The maximum Gasteiger partial charge on any atom is 0.243 e. The van der Waals surface area contributed by atoms with Gasteiger partial charge < -0.3 is 5.73 Å². The van der Waals surface area contributed by atoms with E-state index in [4.69, 9.17) is 17.3 Å². The third kappa shape index (κ3) is 3.26. The molecule has 3 N–H and O–H groups in total. The van der Waals surface area contributed by atoms with E-state index in [1.54, 1.807) is 0 Å². The molecule has 0 radical (unpaired) electrons. The number of nitrogens with two attached hydrogens (primary N) is 1. The Bertz CT molecular complexity index is 616. The molecular weight excluding hydrogens is 291 g/mol. The standard InChI is InChI=1S/C12H14ClFN2O2S/c13-10-6-8(15)7-11(12(10)14)19(17,18)16-9-4-2-1-3-5-9/h1-2,6-7,9,16H,3-5,15H2. The number of hydrogen-bond donors (Lipinski definition) is 2. The lowest BCUT2D eigenvalue weighted by molar-refractivity contribution is 0.514. The van der Waals surface area contributed by atoms with E-state index < -0.39 is 20.7 Å². The lowest BCUT2D eigenvalue weighted by Gasteiger charge is -2.19. The fourth-order valence-corrected chi connectivity index (χ4v) is 3.66. The first kappa shape index (κ1) is 14.3. The maximum absolute atomic E-state index is 13.8. The number of nitrogen functional groups attached to an aromatic ring is 1. The summed E-state index contributed by atoms with van der Waals surface area (Å²) in [5.41, 5.74) is 5.61. The predicted molar refractivity (Wildman–Crippen MR) is 72.9 cm³/mol. The van der Waals surface area contributed by atoms with Crippen LogP contribution in [0, 0.1) is 5.82 Å². The first-order chi connectivity index (χ1) is 8.90. The van der Waals surface area contributed by atoms with Gasteiger partial charge in [-0.15, -0.1) is 0 Å². The molecule has 0 spiro atoms. The van der Waals surface area contributed by atoms with Crippen LogP contribution in [0.25, 0.3) is 0 Å². The number of benzene rings is 1. The van der Waals surface area contributed by atoms with Gasteiger partial charge in [0.1, 0.15) is 4.90 Å². The number of anilines is 1. The van der Waals surface area contributed by atoms with Gasteiger partial charge in [0, 0.05) is 11.7 Å². The minimum absolute atomic E-state index is 0.107. The quantitative estimate of drug-likeness (QED) is 0.665. The molecule has 0 heterocycles. The van der Waals surface area contributed by atoms with Crippen LogP contribution in [0.2, 0.25) is 5.02 Å². The van der Waals surface area contributed by atoms with Gasteiger partial charge in [-0.1, -0.05) is 23.8 Å². The lowest BCUT2D eigenvalue weighted by Crippen LogP contribution is -2.35. The second kappa shape index (κ2) is 5.48. The summed E-state index contributed by atoms with van der Waals surface area (Å²) in [6, 6.07) is 2.02. The molecule has 1 aliphatic rings. The van der Waals surface area contributed by atoms with Crippen LogP contribution in [0.3, 0.4) is 0 Å². The third-order valence-corrected chi connectivity index (χ3v) is 4.69. The number of allylic oxidation sites excluding steroid dienone is 1. The zero-order valence-electron chi connectivity index (χ0n) is 10.1. The summed E-state index contributed by atoms with van der Waals surface area (Å²) in [5, 5.41) is -0.302. The van der Waals surface area contributed by atoms with Gasteiger partial charge in [0.15, 0.2) is 5.82 Å². The molecule has 7 heteroatoms. The Hall–Kier alpha value is -1.11. The summed E-state index contributed by atoms with van der Waals surface area (Å²) in [7, 11) is -3.96.